The van der Waals surface area contributed by atoms with Crippen molar-refractivity contribution in [2.45, 2.75) is 52.2 Å². The van der Waals surface area contributed by atoms with Crippen molar-refractivity contribution in [1.29, 1.82) is 0 Å². The lowest BCUT2D eigenvalue weighted by Gasteiger charge is -2.44. The van der Waals surface area contributed by atoms with E-state index in [1.807, 2.05) is 45.0 Å². The minimum atomic E-state index is -1.77. The molecular weight excluding hydrogens is 608 g/mol. The summed E-state index contributed by atoms with van der Waals surface area (Å²) in [7, 11) is 0. The predicted octanol–water partition coefficient (Wildman–Crippen LogP) is 6.69. The van der Waals surface area contributed by atoms with Gasteiger partial charge in [-0.2, -0.15) is 0 Å². The maximum Gasteiger partial charge on any atom is 0.235 e. The van der Waals surface area contributed by atoms with Gasteiger partial charge in [-0.3, -0.25) is 14.4 Å². The summed E-state index contributed by atoms with van der Waals surface area (Å²) in [5, 5.41) is 17.5. The van der Waals surface area contributed by atoms with Gasteiger partial charge in [-0.25, -0.2) is 0 Å². The van der Waals surface area contributed by atoms with Gasteiger partial charge in [0.15, 0.2) is 0 Å². The van der Waals surface area contributed by atoms with Crippen LogP contribution in [0.25, 0.3) is 0 Å². The maximum absolute atomic E-state index is 14.2. The molecule has 9 heteroatoms. The standard InChI is InChI=1S/C39H42N2O7/c1-5-46-32-13-9-7-11-29(32)40-37(43)35-31(42)23-39(4,45)36(38(44)41-30-12-8-10-14-33(30)47-6-2)34(35)27-19-21-28(22-20-27)48-24-26-17-15-25(3)16-18-26/h7-22,34-36,45H,5-6,23-24H2,1-4H3,(H,40,43)(H,41,44). The van der Waals surface area contributed by atoms with Gasteiger partial charge in [0, 0.05) is 12.3 Å². The number of hydrogen-bond donors (Lipinski definition) is 3. The molecule has 9 nitrogen and oxygen atoms in total. The molecule has 4 atom stereocenters. The number of para-hydroxylation sites is 4. The molecule has 4 aromatic rings. The topological polar surface area (TPSA) is 123 Å². The Labute approximate surface area is 281 Å². The summed E-state index contributed by atoms with van der Waals surface area (Å²) in [6.45, 7) is 8.28. The van der Waals surface area contributed by atoms with Crippen molar-refractivity contribution in [3.8, 4) is 17.2 Å². The number of ketones is 1. The highest BCUT2D eigenvalue weighted by Gasteiger charge is 2.56. The molecule has 0 heterocycles. The number of carbonyl (C=O) groups is 3. The fourth-order valence-corrected chi connectivity index (χ4v) is 6.25. The number of ether oxygens (including phenoxy) is 3. The highest BCUT2D eigenvalue weighted by Crippen LogP contribution is 2.47. The quantitative estimate of drug-likeness (QED) is 0.146. The average molecular weight is 651 g/mol. The minimum absolute atomic E-state index is 0.352. The second-order valence-electron chi connectivity index (χ2n) is 12.2. The molecule has 0 aromatic heterocycles. The number of aryl methyl sites for hydroxylation is 1. The zero-order valence-corrected chi connectivity index (χ0v) is 27.7. The summed E-state index contributed by atoms with van der Waals surface area (Å²) >= 11 is 0. The Morgan fingerprint density at radius 1 is 0.771 bits per heavy atom. The van der Waals surface area contributed by atoms with Gasteiger partial charge in [-0.1, -0.05) is 66.2 Å². The molecule has 1 fully saturated rings. The number of amides is 2. The summed E-state index contributed by atoms with van der Waals surface area (Å²) in [6.07, 6.45) is -0.391. The van der Waals surface area contributed by atoms with Crippen LogP contribution in [0.4, 0.5) is 11.4 Å². The monoisotopic (exact) mass is 650 g/mol. The Morgan fingerprint density at radius 2 is 1.31 bits per heavy atom. The van der Waals surface area contributed by atoms with E-state index in [1.165, 1.54) is 6.92 Å². The molecule has 1 aliphatic carbocycles. The SMILES string of the molecule is CCOc1ccccc1NC(=O)C1C(=O)CC(C)(O)C(C(=O)Nc2ccccc2OCC)C1c1ccc(OCc2ccc(C)cc2)cc1. The largest absolute Gasteiger partial charge is 0.492 e. The molecule has 0 radical (unpaired) electrons. The third-order valence-corrected chi connectivity index (χ3v) is 8.51. The van der Waals surface area contributed by atoms with Gasteiger partial charge < -0.3 is 30.0 Å². The summed E-state index contributed by atoms with van der Waals surface area (Å²) in [4.78, 5) is 42.2. The number of benzene rings is 4. The van der Waals surface area contributed by atoms with Crippen LogP contribution in [0.15, 0.2) is 97.1 Å². The van der Waals surface area contributed by atoms with Gasteiger partial charge in [0.25, 0.3) is 0 Å². The Balaban J connectivity index is 1.51. The van der Waals surface area contributed by atoms with Gasteiger partial charge in [-0.05, 0) is 75.2 Å². The minimum Gasteiger partial charge on any atom is -0.492 e. The second kappa shape index (κ2) is 15.2. The molecular formula is C39H42N2O7. The zero-order chi connectivity index (χ0) is 34.3. The molecule has 4 unspecified atom stereocenters. The first-order valence-corrected chi connectivity index (χ1v) is 16.2. The molecule has 0 saturated heterocycles. The summed E-state index contributed by atoms with van der Waals surface area (Å²) < 4.78 is 17.4. The molecule has 2 amide bonds. The fourth-order valence-electron chi connectivity index (χ4n) is 6.25. The average Bonchev–Trinajstić information content (AvgIpc) is 3.06. The van der Waals surface area contributed by atoms with E-state index < -0.39 is 47.4 Å². The van der Waals surface area contributed by atoms with Gasteiger partial charge >= 0.3 is 0 Å². The van der Waals surface area contributed by atoms with Crippen LogP contribution in [-0.2, 0) is 21.0 Å². The smallest absolute Gasteiger partial charge is 0.235 e. The summed E-state index contributed by atoms with van der Waals surface area (Å²) in [5.74, 6) is -3.63. The number of rotatable bonds is 12. The molecule has 250 valence electrons. The predicted molar refractivity (Wildman–Crippen MR) is 184 cm³/mol. The number of carbonyl (C=O) groups excluding carboxylic acids is 3. The normalized spacial score (nSPS) is 20.4. The van der Waals surface area contributed by atoms with Crippen LogP contribution in [0.2, 0.25) is 0 Å². The van der Waals surface area contributed by atoms with E-state index in [2.05, 4.69) is 10.6 Å². The van der Waals surface area contributed by atoms with Crippen LogP contribution in [0.5, 0.6) is 17.2 Å². The first-order valence-electron chi connectivity index (χ1n) is 16.2. The van der Waals surface area contributed by atoms with Crippen molar-refractivity contribution in [3.63, 3.8) is 0 Å². The van der Waals surface area contributed by atoms with Crippen molar-refractivity contribution in [2.24, 2.45) is 11.8 Å². The lowest BCUT2D eigenvalue weighted by atomic mass is 9.61. The van der Waals surface area contributed by atoms with Gasteiger partial charge in [0.2, 0.25) is 11.8 Å². The van der Waals surface area contributed by atoms with E-state index >= 15 is 0 Å². The Bertz CT molecular complexity index is 1730. The zero-order valence-electron chi connectivity index (χ0n) is 27.7. The highest BCUT2D eigenvalue weighted by molar-refractivity contribution is 6.11. The third-order valence-electron chi connectivity index (χ3n) is 8.51. The first kappa shape index (κ1) is 34.2. The van der Waals surface area contributed by atoms with Crippen LogP contribution < -0.4 is 24.8 Å². The molecule has 5 rings (SSSR count). The summed E-state index contributed by atoms with van der Waals surface area (Å²) in [6, 6.07) is 29.0. The second-order valence-corrected chi connectivity index (χ2v) is 12.2. The van der Waals surface area contributed by atoms with E-state index in [1.54, 1.807) is 72.8 Å². The van der Waals surface area contributed by atoms with Crippen LogP contribution in [0.3, 0.4) is 0 Å². The van der Waals surface area contributed by atoms with E-state index in [0.29, 0.717) is 54.0 Å². The molecule has 3 N–H and O–H groups in total. The number of hydrogen-bond acceptors (Lipinski definition) is 7. The maximum atomic E-state index is 14.2. The van der Waals surface area contributed by atoms with Crippen molar-refractivity contribution in [2.75, 3.05) is 23.8 Å². The van der Waals surface area contributed by atoms with Gasteiger partial charge in [0.1, 0.15) is 35.6 Å². The van der Waals surface area contributed by atoms with Crippen molar-refractivity contribution in [3.05, 3.63) is 114 Å². The van der Waals surface area contributed by atoms with E-state index in [9.17, 15) is 19.5 Å². The Morgan fingerprint density at radius 3 is 1.88 bits per heavy atom. The van der Waals surface area contributed by atoms with Crippen molar-refractivity contribution >= 4 is 29.0 Å². The molecule has 48 heavy (non-hydrogen) atoms. The van der Waals surface area contributed by atoms with Crippen LogP contribution in [0.1, 0.15) is 49.8 Å². The molecule has 0 aliphatic heterocycles. The van der Waals surface area contributed by atoms with Crippen LogP contribution >= 0.6 is 0 Å². The fraction of sp³-hybridized carbons (Fsp3) is 0.308. The number of aliphatic hydroxyl groups is 1. The highest BCUT2D eigenvalue weighted by atomic mass is 16.5. The molecule has 0 spiro atoms. The van der Waals surface area contributed by atoms with E-state index in [0.717, 1.165) is 11.1 Å². The van der Waals surface area contributed by atoms with E-state index in [4.69, 9.17) is 14.2 Å². The van der Waals surface area contributed by atoms with Crippen LogP contribution in [-0.4, -0.2) is 41.5 Å². The Kier molecular flexibility index (Phi) is 10.8. The van der Waals surface area contributed by atoms with Crippen LogP contribution in [0, 0.1) is 18.8 Å². The van der Waals surface area contributed by atoms with Crippen molar-refractivity contribution < 1.29 is 33.7 Å². The number of anilines is 2. The molecule has 1 aliphatic rings. The van der Waals surface area contributed by atoms with Gasteiger partial charge in [0.05, 0.1) is 36.1 Å². The Hall–Kier alpha value is -5.15. The summed E-state index contributed by atoms with van der Waals surface area (Å²) in [5.41, 5.74) is 1.74. The first-order chi connectivity index (χ1) is 23.1. The third kappa shape index (κ3) is 7.86. The van der Waals surface area contributed by atoms with Crippen molar-refractivity contribution in [1.82, 2.24) is 0 Å². The number of nitrogens with one attached hydrogen (secondary N) is 2. The lowest BCUT2D eigenvalue weighted by Crippen LogP contribution is -2.56. The van der Waals surface area contributed by atoms with E-state index in [-0.39, 0.29) is 0 Å². The molecule has 0 bridgehead atoms. The lowest BCUT2D eigenvalue weighted by molar-refractivity contribution is -0.150. The number of Topliss-reactive ketones (excluding diaryl/α,β-unsaturated/α-hetero) is 1. The molecule has 4 aromatic carbocycles. The molecule has 1 saturated carbocycles. The van der Waals surface area contributed by atoms with Gasteiger partial charge in [-0.15, -0.1) is 0 Å².